The summed E-state index contributed by atoms with van der Waals surface area (Å²) in [6, 6.07) is 9.26. The van der Waals surface area contributed by atoms with E-state index >= 15 is 0 Å². The zero-order chi connectivity index (χ0) is 13.7. The van der Waals surface area contributed by atoms with Gasteiger partial charge in [-0.2, -0.15) is 0 Å². The molecule has 3 heteroatoms. The van der Waals surface area contributed by atoms with Gasteiger partial charge in [0, 0.05) is 37.9 Å². The van der Waals surface area contributed by atoms with Gasteiger partial charge in [0.05, 0.1) is 0 Å². The number of hydrogen-bond donors (Lipinski definition) is 1. The molecule has 0 aliphatic heterocycles. The van der Waals surface area contributed by atoms with Crippen molar-refractivity contribution < 1.29 is 0 Å². The summed E-state index contributed by atoms with van der Waals surface area (Å²) in [7, 11) is 0. The summed E-state index contributed by atoms with van der Waals surface area (Å²) in [5.41, 5.74) is 2.66. The first-order valence-electron chi connectivity index (χ1n) is 7.00. The highest BCUT2D eigenvalue weighted by Gasteiger charge is 2.04. The Labute approximate surface area is 115 Å². The molecule has 1 N–H and O–H groups in total. The van der Waals surface area contributed by atoms with E-state index in [0.29, 0.717) is 6.04 Å². The molecule has 0 unspecified atom stereocenters. The lowest BCUT2D eigenvalue weighted by molar-refractivity contribution is 0.588. The third kappa shape index (κ3) is 3.93. The molecule has 0 aliphatic rings. The normalized spacial score (nSPS) is 11.2. The van der Waals surface area contributed by atoms with Crippen molar-refractivity contribution in [2.75, 3.05) is 0 Å². The summed E-state index contributed by atoms with van der Waals surface area (Å²) in [5, 5.41) is 3.45. The summed E-state index contributed by atoms with van der Waals surface area (Å²) < 4.78 is 2.19. The number of aromatic nitrogens is 2. The number of hydrogen-bond acceptors (Lipinski definition) is 2. The summed E-state index contributed by atoms with van der Waals surface area (Å²) in [6.07, 6.45) is 4.82. The van der Waals surface area contributed by atoms with Crippen LogP contribution in [0.15, 0.2) is 36.7 Å². The molecule has 0 atom stereocenters. The Balaban J connectivity index is 2.06. The maximum Gasteiger partial charge on any atom is 0.113 e. The number of rotatable bonds is 6. The molecule has 2 rings (SSSR count). The van der Waals surface area contributed by atoms with Gasteiger partial charge in [0.2, 0.25) is 0 Å². The Morgan fingerprint density at radius 3 is 2.79 bits per heavy atom. The first-order valence-corrected chi connectivity index (χ1v) is 7.00. The van der Waals surface area contributed by atoms with Crippen LogP contribution < -0.4 is 5.32 Å². The van der Waals surface area contributed by atoms with Crippen molar-refractivity contribution in [3.63, 3.8) is 0 Å². The third-order valence-corrected chi connectivity index (χ3v) is 3.21. The van der Waals surface area contributed by atoms with Crippen LogP contribution in [-0.2, 0) is 19.5 Å². The fraction of sp³-hybridized carbons (Fsp3) is 0.438. The van der Waals surface area contributed by atoms with Crippen LogP contribution >= 0.6 is 0 Å². The van der Waals surface area contributed by atoms with E-state index in [-0.39, 0.29) is 0 Å². The number of nitrogens with zero attached hydrogens (tertiary/aromatic N) is 2. The molecule has 0 spiro atoms. The number of aryl methyl sites for hydroxylation is 1. The van der Waals surface area contributed by atoms with E-state index in [1.807, 2.05) is 12.4 Å². The minimum atomic E-state index is 0.516. The van der Waals surface area contributed by atoms with Gasteiger partial charge >= 0.3 is 0 Å². The van der Waals surface area contributed by atoms with E-state index in [4.69, 9.17) is 0 Å². The van der Waals surface area contributed by atoms with Crippen LogP contribution in [0.25, 0.3) is 0 Å². The quantitative estimate of drug-likeness (QED) is 0.862. The first kappa shape index (κ1) is 13.8. The van der Waals surface area contributed by atoms with Crippen LogP contribution in [0.5, 0.6) is 0 Å². The Kier molecular flexibility index (Phi) is 4.74. The molecule has 2 aromatic rings. The van der Waals surface area contributed by atoms with Crippen molar-refractivity contribution in [3.05, 3.63) is 53.6 Å². The molecule has 0 fully saturated rings. The maximum absolute atomic E-state index is 4.43. The van der Waals surface area contributed by atoms with Gasteiger partial charge in [-0.25, -0.2) is 4.98 Å². The molecular formula is C16H23N3. The van der Waals surface area contributed by atoms with E-state index in [1.54, 1.807) is 0 Å². The molecule has 0 amide bonds. The minimum Gasteiger partial charge on any atom is -0.335 e. The highest BCUT2D eigenvalue weighted by Crippen LogP contribution is 2.11. The largest absolute Gasteiger partial charge is 0.335 e. The lowest BCUT2D eigenvalue weighted by atomic mass is 10.1. The number of nitrogens with one attached hydrogen (secondary N) is 1. The highest BCUT2D eigenvalue weighted by atomic mass is 15.0. The molecule has 0 saturated carbocycles. The number of benzene rings is 1. The molecular weight excluding hydrogens is 234 g/mol. The van der Waals surface area contributed by atoms with Crippen LogP contribution in [0.1, 0.15) is 37.7 Å². The van der Waals surface area contributed by atoms with Crippen molar-refractivity contribution in [2.24, 2.45) is 0 Å². The highest BCUT2D eigenvalue weighted by molar-refractivity contribution is 5.26. The van der Waals surface area contributed by atoms with E-state index < -0.39 is 0 Å². The van der Waals surface area contributed by atoms with Crippen molar-refractivity contribution in [1.82, 2.24) is 14.9 Å². The van der Waals surface area contributed by atoms with Crippen LogP contribution in [-0.4, -0.2) is 15.6 Å². The lowest BCUT2D eigenvalue weighted by Crippen LogP contribution is -2.21. The van der Waals surface area contributed by atoms with Gasteiger partial charge in [-0.3, -0.25) is 0 Å². The van der Waals surface area contributed by atoms with Gasteiger partial charge in [0.1, 0.15) is 5.82 Å². The van der Waals surface area contributed by atoms with E-state index in [2.05, 4.69) is 59.9 Å². The van der Waals surface area contributed by atoms with Gasteiger partial charge in [-0.05, 0) is 18.1 Å². The van der Waals surface area contributed by atoms with E-state index in [0.717, 1.165) is 25.3 Å². The Morgan fingerprint density at radius 2 is 2.05 bits per heavy atom. The Hall–Kier alpha value is -1.61. The molecule has 1 aromatic carbocycles. The first-order chi connectivity index (χ1) is 9.19. The topological polar surface area (TPSA) is 29.9 Å². The molecule has 3 nitrogen and oxygen atoms in total. The van der Waals surface area contributed by atoms with E-state index in [9.17, 15) is 0 Å². The molecule has 19 heavy (non-hydrogen) atoms. The van der Waals surface area contributed by atoms with Gasteiger partial charge in [-0.15, -0.1) is 0 Å². The molecule has 0 bridgehead atoms. The van der Waals surface area contributed by atoms with Gasteiger partial charge in [-0.1, -0.05) is 38.1 Å². The van der Waals surface area contributed by atoms with Gasteiger partial charge in [0.25, 0.3) is 0 Å². The smallest absolute Gasteiger partial charge is 0.113 e. The van der Waals surface area contributed by atoms with Crippen LogP contribution in [0.3, 0.4) is 0 Å². The van der Waals surface area contributed by atoms with Gasteiger partial charge < -0.3 is 9.88 Å². The predicted octanol–water partition coefficient (Wildman–Crippen LogP) is 2.99. The third-order valence-electron chi connectivity index (χ3n) is 3.21. The zero-order valence-corrected chi connectivity index (χ0v) is 12.1. The Morgan fingerprint density at radius 1 is 1.26 bits per heavy atom. The molecule has 1 aromatic heterocycles. The standard InChI is InChI=1S/C16H23N3/c1-4-19-9-8-17-16(19)11-14-6-5-7-15(10-14)12-18-13(2)3/h5-10,13,18H,4,11-12H2,1-3H3. The van der Waals surface area contributed by atoms with Crippen LogP contribution in [0.4, 0.5) is 0 Å². The molecule has 102 valence electrons. The van der Waals surface area contributed by atoms with Crippen molar-refractivity contribution in [1.29, 1.82) is 0 Å². The zero-order valence-electron chi connectivity index (χ0n) is 12.1. The minimum absolute atomic E-state index is 0.516. The van der Waals surface area contributed by atoms with Crippen molar-refractivity contribution in [3.8, 4) is 0 Å². The molecule has 1 heterocycles. The average molecular weight is 257 g/mol. The van der Waals surface area contributed by atoms with Crippen molar-refractivity contribution >= 4 is 0 Å². The monoisotopic (exact) mass is 257 g/mol. The summed E-state index contributed by atoms with van der Waals surface area (Å²) in [4.78, 5) is 4.43. The van der Waals surface area contributed by atoms with E-state index in [1.165, 1.54) is 11.1 Å². The second-order valence-corrected chi connectivity index (χ2v) is 5.16. The van der Waals surface area contributed by atoms with Crippen LogP contribution in [0, 0.1) is 0 Å². The second kappa shape index (κ2) is 6.53. The maximum atomic E-state index is 4.43. The van der Waals surface area contributed by atoms with Crippen LogP contribution in [0.2, 0.25) is 0 Å². The molecule has 0 aliphatic carbocycles. The predicted molar refractivity (Wildman–Crippen MR) is 79.1 cm³/mol. The second-order valence-electron chi connectivity index (χ2n) is 5.16. The molecule has 0 saturated heterocycles. The summed E-state index contributed by atoms with van der Waals surface area (Å²) >= 11 is 0. The summed E-state index contributed by atoms with van der Waals surface area (Å²) in [6.45, 7) is 8.38. The van der Waals surface area contributed by atoms with Gasteiger partial charge in [0.15, 0.2) is 0 Å². The lowest BCUT2D eigenvalue weighted by Gasteiger charge is -2.10. The average Bonchev–Trinajstić information content (AvgIpc) is 2.84. The fourth-order valence-corrected chi connectivity index (χ4v) is 2.15. The molecule has 0 radical (unpaired) electrons. The fourth-order valence-electron chi connectivity index (χ4n) is 2.15. The Bertz CT molecular complexity index is 514. The number of imidazole rings is 1. The summed E-state index contributed by atoms with van der Waals surface area (Å²) in [5.74, 6) is 1.14. The van der Waals surface area contributed by atoms with Crippen molar-refractivity contribution in [2.45, 2.75) is 46.3 Å². The SMILES string of the molecule is CCn1ccnc1Cc1cccc(CNC(C)C)c1.